The third kappa shape index (κ3) is 1.93. The summed E-state index contributed by atoms with van der Waals surface area (Å²) in [6.45, 7) is 3.21. The number of rotatable bonds is 3. The van der Waals surface area contributed by atoms with Gasteiger partial charge in [0.2, 0.25) is 0 Å². The average molecular weight is 231 g/mol. The zero-order valence-corrected chi connectivity index (χ0v) is 8.37. The van der Waals surface area contributed by atoms with Gasteiger partial charge in [-0.2, -0.15) is 8.42 Å². The smallest absolute Gasteiger partial charge is 0.271 e. The lowest BCUT2D eigenvalue weighted by atomic mass is 10.1. The Morgan fingerprint density at radius 3 is 2.00 bits per heavy atom. The fraction of sp³-hybridized carbons (Fsp3) is 1.00. The van der Waals surface area contributed by atoms with E-state index in [9.17, 15) is 8.42 Å². The average Bonchev–Trinajstić information content (AvgIpc) is 1.84. The Morgan fingerprint density at radius 1 is 1.60 bits per heavy atom. The molecule has 0 rings (SSSR count). The molecule has 0 aromatic rings. The van der Waals surface area contributed by atoms with Crippen LogP contribution in [0.25, 0.3) is 0 Å². The Hall–Kier alpha value is 0.390. The van der Waals surface area contributed by atoms with Crippen molar-refractivity contribution in [2.75, 3.05) is 5.33 Å². The van der Waals surface area contributed by atoms with Crippen molar-refractivity contribution in [3.05, 3.63) is 0 Å². The van der Waals surface area contributed by atoms with Crippen LogP contribution in [0.1, 0.15) is 20.3 Å². The second-order valence-corrected chi connectivity index (χ2v) is 4.91. The van der Waals surface area contributed by atoms with Gasteiger partial charge < -0.3 is 0 Å². The van der Waals surface area contributed by atoms with Crippen molar-refractivity contribution in [3.8, 4) is 0 Å². The van der Waals surface area contributed by atoms with E-state index < -0.39 is 14.9 Å². The van der Waals surface area contributed by atoms with Gasteiger partial charge in [0.1, 0.15) is 4.75 Å². The predicted molar refractivity (Wildman–Crippen MR) is 44.0 cm³/mol. The lowest BCUT2D eigenvalue weighted by molar-refractivity contribution is 0.440. The largest absolute Gasteiger partial charge is 0.285 e. The standard InChI is InChI=1S/C5H11BrO3S/c1-3-5(2,4-6)10(7,8)9/h3-4H2,1-2H3,(H,7,8,9). The lowest BCUT2D eigenvalue weighted by Crippen LogP contribution is -2.35. The maximum absolute atomic E-state index is 10.6. The molecule has 0 bridgehead atoms. The molecular formula is C5H11BrO3S. The van der Waals surface area contributed by atoms with E-state index in [0.717, 1.165) is 0 Å². The minimum absolute atomic E-state index is 0.259. The summed E-state index contributed by atoms with van der Waals surface area (Å²) in [7, 11) is -3.91. The molecule has 0 aliphatic carbocycles. The van der Waals surface area contributed by atoms with Crippen molar-refractivity contribution in [1.82, 2.24) is 0 Å². The Balaban J connectivity index is 4.68. The van der Waals surface area contributed by atoms with Gasteiger partial charge in [-0.05, 0) is 13.3 Å². The van der Waals surface area contributed by atoms with Crippen LogP contribution >= 0.6 is 15.9 Å². The number of hydrogen-bond donors (Lipinski definition) is 1. The Morgan fingerprint density at radius 2 is 2.00 bits per heavy atom. The van der Waals surface area contributed by atoms with E-state index in [1.807, 2.05) is 0 Å². The third-order valence-corrected chi connectivity index (χ3v) is 4.94. The first-order valence-electron chi connectivity index (χ1n) is 2.90. The van der Waals surface area contributed by atoms with Gasteiger partial charge in [-0.1, -0.05) is 22.9 Å². The highest BCUT2D eigenvalue weighted by Gasteiger charge is 2.34. The summed E-state index contributed by atoms with van der Waals surface area (Å²) in [6, 6.07) is 0. The second kappa shape index (κ2) is 3.19. The number of alkyl halides is 1. The van der Waals surface area contributed by atoms with Crippen molar-refractivity contribution < 1.29 is 13.0 Å². The maximum Gasteiger partial charge on any atom is 0.271 e. The summed E-state index contributed by atoms with van der Waals surface area (Å²) in [6.07, 6.45) is 0.400. The normalized spacial score (nSPS) is 18.4. The second-order valence-electron chi connectivity index (χ2n) is 2.41. The van der Waals surface area contributed by atoms with Crippen LogP contribution < -0.4 is 0 Å². The minimum Gasteiger partial charge on any atom is -0.285 e. The van der Waals surface area contributed by atoms with Crippen LogP contribution in [0.15, 0.2) is 0 Å². The summed E-state index contributed by atoms with van der Waals surface area (Å²) in [5, 5.41) is 0.259. The molecule has 0 amide bonds. The fourth-order valence-corrected chi connectivity index (χ4v) is 2.11. The van der Waals surface area contributed by atoms with E-state index in [2.05, 4.69) is 15.9 Å². The monoisotopic (exact) mass is 230 g/mol. The zero-order valence-electron chi connectivity index (χ0n) is 5.96. The van der Waals surface area contributed by atoms with Crippen LogP contribution in [-0.2, 0) is 10.1 Å². The van der Waals surface area contributed by atoms with Crippen molar-refractivity contribution in [2.45, 2.75) is 25.0 Å². The van der Waals surface area contributed by atoms with Gasteiger partial charge in [-0.25, -0.2) is 0 Å². The van der Waals surface area contributed by atoms with E-state index in [1.165, 1.54) is 6.92 Å². The molecular weight excluding hydrogens is 220 g/mol. The van der Waals surface area contributed by atoms with Crippen LogP contribution in [0.4, 0.5) is 0 Å². The molecule has 0 fully saturated rings. The van der Waals surface area contributed by atoms with Crippen molar-refractivity contribution in [3.63, 3.8) is 0 Å². The molecule has 0 radical (unpaired) electrons. The van der Waals surface area contributed by atoms with Gasteiger partial charge in [-0.15, -0.1) is 0 Å². The van der Waals surface area contributed by atoms with Crippen LogP contribution in [0.3, 0.4) is 0 Å². The van der Waals surface area contributed by atoms with Gasteiger partial charge in [0.25, 0.3) is 10.1 Å². The molecule has 0 aliphatic heterocycles. The van der Waals surface area contributed by atoms with Crippen molar-refractivity contribution in [2.24, 2.45) is 0 Å². The molecule has 0 aliphatic rings. The molecule has 0 spiro atoms. The van der Waals surface area contributed by atoms with Gasteiger partial charge in [-0.3, -0.25) is 4.55 Å². The molecule has 10 heavy (non-hydrogen) atoms. The van der Waals surface area contributed by atoms with E-state index in [-0.39, 0.29) is 5.33 Å². The highest BCUT2D eigenvalue weighted by Crippen LogP contribution is 2.21. The molecule has 5 heteroatoms. The first-order chi connectivity index (χ1) is 4.37. The number of halogens is 1. The molecule has 0 saturated carbocycles. The van der Waals surface area contributed by atoms with Gasteiger partial charge in [0, 0.05) is 5.33 Å². The molecule has 1 atom stereocenters. The van der Waals surface area contributed by atoms with Crippen LogP contribution in [0, 0.1) is 0 Å². The van der Waals surface area contributed by atoms with Gasteiger partial charge >= 0.3 is 0 Å². The van der Waals surface area contributed by atoms with Crippen LogP contribution in [-0.4, -0.2) is 23.0 Å². The fourth-order valence-electron chi connectivity index (χ4n) is 0.346. The predicted octanol–water partition coefficient (Wildman–Crippen LogP) is 1.44. The Kier molecular flexibility index (Phi) is 3.32. The summed E-state index contributed by atoms with van der Waals surface area (Å²) in [4.78, 5) is 0. The SMILES string of the molecule is CCC(C)(CBr)S(=O)(=O)O. The first-order valence-corrected chi connectivity index (χ1v) is 5.46. The van der Waals surface area contributed by atoms with Crippen molar-refractivity contribution >= 4 is 26.0 Å². The zero-order chi connectivity index (χ0) is 8.41. The molecule has 3 nitrogen and oxygen atoms in total. The quantitative estimate of drug-likeness (QED) is 0.590. The molecule has 0 heterocycles. The van der Waals surface area contributed by atoms with Crippen LogP contribution in [0.5, 0.6) is 0 Å². The van der Waals surface area contributed by atoms with Gasteiger partial charge in [0.05, 0.1) is 0 Å². The molecule has 62 valence electrons. The van der Waals surface area contributed by atoms with E-state index in [4.69, 9.17) is 4.55 Å². The van der Waals surface area contributed by atoms with Gasteiger partial charge in [0.15, 0.2) is 0 Å². The number of hydrogen-bond acceptors (Lipinski definition) is 2. The molecule has 0 aromatic carbocycles. The highest BCUT2D eigenvalue weighted by molar-refractivity contribution is 9.09. The summed E-state index contributed by atoms with van der Waals surface area (Å²) in [5.41, 5.74) is 0. The first kappa shape index (κ1) is 10.4. The molecule has 0 aromatic heterocycles. The Labute approximate surface area is 69.7 Å². The summed E-state index contributed by atoms with van der Waals surface area (Å²) in [5.74, 6) is 0. The molecule has 1 unspecified atom stereocenters. The van der Waals surface area contributed by atoms with E-state index in [1.54, 1.807) is 6.92 Å². The van der Waals surface area contributed by atoms with Crippen molar-refractivity contribution in [1.29, 1.82) is 0 Å². The lowest BCUT2D eigenvalue weighted by Gasteiger charge is -2.20. The molecule has 0 saturated heterocycles. The minimum atomic E-state index is -3.91. The van der Waals surface area contributed by atoms with Crippen LogP contribution in [0.2, 0.25) is 0 Å². The van der Waals surface area contributed by atoms with E-state index in [0.29, 0.717) is 6.42 Å². The summed E-state index contributed by atoms with van der Waals surface area (Å²) < 4.78 is 28.9. The van der Waals surface area contributed by atoms with E-state index >= 15 is 0 Å². The topological polar surface area (TPSA) is 54.4 Å². The summed E-state index contributed by atoms with van der Waals surface area (Å²) >= 11 is 3.03. The third-order valence-electron chi connectivity index (χ3n) is 1.65. The Bertz CT molecular complexity index is 193. The molecule has 1 N–H and O–H groups in total. The highest BCUT2D eigenvalue weighted by atomic mass is 79.9. The maximum atomic E-state index is 10.6.